The smallest absolute Gasteiger partial charge is 0.157 e. The summed E-state index contributed by atoms with van der Waals surface area (Å²) >= 11 is 3.29. The minimum Gasteiger partial charge on any atom is -0.319 e. The second-order valence-corrected chi connectivity index (χ2v) is 5.97. The molecule has 1 aliphatic carbocycles. The van der Waals surface area contributed by atoms with Crippen molar-refractivity contribution in [1.29, 1.82) is 0 Å². The van der Waals surface area contributed by atoms with Crippen LogP contribution in [-0.2, 0) is 11.2 Å². The van der Waals surface area contributed by atoms with Gasteiger partial charge in [-0.05, 0) is 36.6 Å². The third-order valence-electron chi connectivity index (χ3n) is 3.66. The van der Waals surface area contributed by atoms with Crippen molar-refractivity contribution >= 4 is 21.7 Å². The van der Waals surface area contributed by atoms with E-state index in [0.717, 1.165) is 36.6 Å². The van der Waals surface area contributed by atoms with Crippen LogP contribution in [0.2, 0.25) is 0 Å². The van der Waals surface area contributed by atoms with Crippen molar-refractivity contribution in [3.05, 3.63) is 34.1 Å². The Balaban J connectivity index is 2.13. The highest BCUT2D eigenvalue weighted by molar-refractivity contribution is 9.10. The van der Waals surface area contributed by atoms with E-state index in [-0.39, 0.29) is 18.0 Å². The maximum Gasteiger partial charge on any atom is 0.157 e. The molecular formula is C14H17BrFNO. The van der Waals surface area contributed by atoms with E-state index in [2.05, 4.69) is 15.9 Å². The number of rotatable bonds is 3. The first-order valence-corrected chi connectivity index (χ1v) is 7.07. The fourth-order valence-electron chi connectivity index (χ4n) is 2.49. The molecule has 0 unspecified atom stereocenters. The van der Waals surface area contributed by atoms with Crippen molar-refractivity contribution < 1.29 is 9.18 Å². The normalized spacial score (nSPS) is 18.6. The number of halogens is 2. The first-order valence-electron chi connectivity index (χ1n) is 6.27. The van der Waals surface area contributed by atoms with E-state index in [1.807, 2.05) is 0 Å². The zero-order valence-electron chi connectivity index (χ0n) is 10.2. The van der Waals surface area contributed by atoms with Gasteiger partial charge < -0.3 is 5.73 Å². The molecule has 1 aliphatic rings. The summed E-state index contributed by atoms with van der Waals surface area (Å²) in [6.07, 6.45) is 4.65. The standard InChI is InChI=1S/C14H17BrFNO/c15-11-4-5-12(16)10(8-11)9-13(18)14(17)6-2-1-3-7-14/h4-5,8H,1-3,6-7,9,17H2. The Morgan fingerprint density at radius 3 is 2.67 bits per heavy atom. The first-order chi connectivity index (χ1) is 8.51. The highest BCUT2D eigenvalue weighted by Gasteiger charge is 2.34. The van der Waals surface area contributed by atoms with Crippen LogP contribution in [0.4, 0.5) is 4.39 Å². The third kappa shape index (κ3) is 2.98. The van der Waals surface area contributed by atoms with Gasteiger partial charge in [0, 0.05) is 10.9 Å². The summed E-state index contributed by atoms with van der Waals surface area (Å²) in [4.78, 5) is 12.2. The molecule has 1 aromatic rings. The Bertz CT molecular complexity index is 455. The van der Waals surface area contributed by atoms with E-state index in [1.54, 1.807) is 12.1 Å². The molecule has 0 atom stereocenters. The van der Waals surface area contributed by atoms with Crippen molar-refractivity contribution in [2.24, 2.45) is 5.73 Å². The molecule has 1 aromatic carbocycles. The second-order valence-electron chi connectivity index (χ2n) is 5.05. The molecule has 0 aromatic heterocycles. The van der Waals surface area contributed by atoms with Crippen molar-refractivity contribution in [3.63, 3.8) is 0 Å². The van der Waals surface area contributed by atoms with E-state index in [1.165, 1.54) is 6.07 Å². The number of carbonyl (C=O) groups excluding carboxylic acids is 1. The zero-order chi connectivity index (χ0) is 13.2. The molecule has 2 nitrogen and oxygen atoms in total. The van der Waals surface area contributed by atoms with Gasteiger partial charge in [0.1, 0.15) is 5.82 Å². The number of nitrogens with two attached hydrogens (primary N) is 1. The molecule has 0 spiro atoms. The Labute approximate surface area is 115 Å². The number of benzene rings is 1. The minimum absolute atomic E-state index is 0.0424. The molecule has 4 heteroatoms. The Morgan fingerprint density at radius 2 is 2.00 bits per heavy atom. The van der Waals surface area contributed by atoms with Gasteiger partial charge in [0.15, 0.2) is 5.78 Å². The average molecular weight is 314 g/mol. The number of hydrogen-bond donors (Lipinski definition) is 1. The van der Waals surface area contributed by atoms with Crippen LogP contribution in [0.3, 0.4) is 0 Å². The van der Waals surface area contributed by atoms with Crippen molar-refractivity contribution in [3.8, 4) is 0 Å². The number of carbonyl (C=O) groups is 1. The predicted octanol–water partition coefficient (Wildman–Crippen LogP) is 3.36. The van der Waals surface area contributed by atoms with Gasteiger partial charge in [-0.3, -0.25) is 4.79 Å². The lowest BCUT2D eigenvalue weighted by Crippen LogP contribution is -2.50. The summed E-state index contributed by atoms with van der Waals surface area (Å²) in [6, 6.07) is 4.65. The first kappa shape index (κ1) is 13.7. The molecule has 1 saturated carbocycles. The van der Waals surface area contributed by atoms with Gasteiger partial charge in [0.2, 0.25) is 0 Å². The Morgan fingerprint density at radius 1 is 1.33 bits per heavy atom. The van der Waals surface area contributed by atoms with Gasteiger partial charge in [-0.2, -0.15) is 0 Å². The lowest BCUT2D eigenvalue weighted by atomic mass is 9.78. The molecule has 0 radical (unpaired) electrons. The SMILES string of the molecule is NC1(C(=O)Cc2cc(Br)ccc2F)CCCCC1. The summed E-state index contributed by atoms with van der Waals surface area (Å²) in [6.45, 7) is 0. The summed E-state index contributed by atoms with van der Waals surface area (Å²) in [7, 11) is 0. The summed E-state index contributed by atoms with van der Waals surface area (Å²) < 4.78 is 14.4. The van der Waals surface area contributed by atoms with Crippen LogP contribution in [0.25, 0.3) is 0 Å². The van der Waals surface area contributed by atoms with Gasteiger partial charge in [-0.25, -0.2) is 4.39 Å². The molecular weight excluding hydrogens is 297 g/mol. The topological polar surface area (TPSA) is 43.1 Å². The number of hydrogen-bond acceptors (Lipinski definition) is 2. The largest absolute Gasteiger partial charge is 0.319 e. The highest BCUT2D eigenvalue weighted by Crippen LogP contribution is 2.28. The molecule has 1 fully saturated rings. The molecule has 2 N–H and O–H groups in total. The van der Waals surface area contributed by atoms with Crippen LogP contribution in [-0.4, -0.2) is 11.3 Å². The van der Waals surface area contributed by atoms with Crippen molar-refractivity contribution in [2.45, 2.75) is 44.1 Å². The predicted molar refractivity (Wildman–Crippen MR) is 72.8 cm³/mol. The minimum atomic E-state index is -0.743. The van der Waals surface area contributed by atoms with Gasteiger partial charge in [0.25, 0.3) is 0 Å². The summed E-state index contributed by atoms with van der Waals surface area (Å²) in [5, 5.41) is 0. The summed E-state index contributed by atoms with van der Waals surface area (Å²) in [5.41, 5.74) is 5.83. The molecule has 98 valence electrons. The van der Waals surface area contributed by atoms with E-state index >= 15 is 0 Å². The molecule has 0 amide bonds. The van der Waals surface area contributed by atoms with E-state index in [9.17, 15) is 9.18 Å². The van der Waals surface area contributed by atoms with Crippen LogP contribution in [0.5, 0.6) is 0 Å². The Hall–Kier alpha value is -0.740. The van der Waals surface area contributed by atoms with Crippen LogP contribution in [0, 0.1) is 5.82 Å². The van der Waals surface area contributed by atoms with Crippen LogP contribution < -0.4 is 5.73 Å². The summed E-state index contributed by atoms with van der Waals surface area (Å²) in [5.74, 6) is -0.384. The van der Waals surface area contributed by atoms with E-state index < -0.39 is 5.54 Å². The van der Waals surface area contributed by atoms with Crippen LogP contribution in [0.15, 0.2) is 22.7 Å². The lowest BCUT2D eigenvalue weighted by Gasteiger charge is -2.31. The van der Waals surface area contributed by atoms with Crippen molar-refractivity contribution in [2.75, 3.05) is 0 Å². The fourth-order valence-corrected chi connectivity index (χ4v) is 2.90. The van der Waals surface area contributed by atoms with Gasteiger partial charge >= 0.3 is 0 Å². The molecule has 2 rings (SSSR count). The highest BCUT2D eigenvalue weighted by atomic mass is 79.9. The van der Waals surface area contributed by atoms with E-state index in [0.29, 0.717) is 5.56 Å². The molecule has 0 bridgehead atoms. The lowest BCUT2D eigenvalue weighted by molar-refractivity contribution is -0.124. The Kier molecular flexibility index (Phi) is 4.17. The van der Waals surface area contributed by atoms with Crippen LogP contribution >= 0.6 is 15.9 Å². The fraction of sp³-hybridized carbons (Fsp3) is 0.500. The molecule has 0 heterocycles. The van der Waals surface area contributed by atoms with Gasteiger partial charge in [0.05, 0.1) is 5.54 Å². The third-order valence-corrected chi connectivity index (χ3v) is 4.15. The number of Topliss-reactive ketones (excluding diaryl/α,β-unsaturated/α-hetero) is 1. The van der Waals surface area contributed by atoms with Gasteiger partial charge in [-0.15, -0.1) is 0 Å². The van der Waals surface area contributed by atoms with Crippen molar-refractivity contribution in [1.82, 2.24) is 0 Å². The van der Waals surface area contributed by atoms with E-state index in [4.69, 9.17) is 5.73 Å². The van der Waals surface area contributed by atoms with Crippen LogP contribution in [0.1, 0.15) is 37.7 Å². The maximum absolute atomic E-state index is 13.6. The zero-order valence-corrected chi connectivity index (χ0v) is 11.8. The molecule has 0 saturated heterocycles. The average Bonchev–Trinajstić information content (AvgIpc) is 2.35. The maximum atomic E-state index is 13.6. The van der Waals surface area contributed by atoms with Gasteiger partial charge in [-0.1, -0.05) is 35.2 Å². The molecule has 18 heavy (non-hydrogen) atoms. The molecule has 0 aliphatic heterocycles. The monoisotopic (exact) mass is 313 g/mol. The second kappa shape index (κ2) is 5.49. The quantitative estimate of drug-likeness (QED) is 0.929. The number of ketones is 1.